The molecule has 0 spiro atoms. The molecule has 2 amide bonds. The minimum atomic E-state index is -4.43. The second-order valence-corrected chi connectivity index (χ2v) is 5.92. The Bertz CT molecular complexity index is 1030. The number of anilines is 2. The number of rotatable bonds is 4. The molecule has 0 atom stereocenters. The summed E-state index contributed by atoms with van der Waals surface area (Å²) < 4.78 is 43.0. The molecule has 1 aromatic heterocycles. The summed E-state index contributed by atoms with van der Waals surface area (Å²) in [6.07, 6.45) is -3.33. The van der Waals surface area contributed by atoms with E-state index in [4.69, 9.17) is 4.42 Å². The molecule has 3 N–H and O–H groups in total. The van der Waals surface area contributed by atoms with E-state index in [9.17, 15) is 22.8 Å². The quantitative estimate of drug-likeness (QED) is 0.511. The maximum Gasteiger partial charge on any atom is 0.416 e. The van der Waals surface area contributed by atoms with Crippen LogP contribution in [0.3, 0.4) is 0 Å². The number of carbonyl (C=O) groups excluding carboxylic acids is 2. The number of carbonyl (C=O) groups is 2. The number of hydrogen-bond acceptors (Lipinski definition) is 5. The highest BCUT2D eigenvalue weighted by atomic mass is 19.4. The van der Waals surface area contributed by atoms with Crippen LogP contribution in [0, 0.1) is 6.92 Å². The molecule has 1 heterocycles. The van der Waals surface area contributed by atoms with E-state index in [0.29, 0.717) is 17.1 Å². The van der Waals surface area contributed by atoms with E-state index in [1.165, 1.54) is 18.2 Å². The van der Waals surface area contributed by atoms with Crippen LogP contribution in [0.2, 0.25) is 0 Å². The normalized spacial score (nSPS) is 10.5. The van der Waals surface area contributed by atoms with E-state index in [1.807, 2.05) is 13.8 Å². The van der Waals surface area contributed by atoms with Gasteiger partial charge in [0.1, 0.15) is 0 Å². The molecule has 7 nitrogen and oxygen atoms in total. The van der Waals surface area contributed by atoms with E-state index in [-0.39, 0.29) is 11.3 Å². The number of aromatic nitrogens is 1. The SMILES string of the molecule is CC.Cc1ncoc1C(=O)NNC(=O)c1ccccc1Nc1ccc(C(F)(F)F)cc1. The Balaban J connectivity index is 0.00000166. The number of hydrogen-bond donors (Lipinski definition) is 3. The first-order valence-corrected chi connectivity index (χ1v) is 9.30. The number of amides is 2. The summed E-state index contributed by atoms with van der Waals surface area (Å²) in [5.41, 5.74) is 4.92. The number of oxazole rings is 1. The van der Waals surface area contributed by atoms with Crippen molar-refractivity contribution in [2.45, 2.75) is 26.9 Å². The predicted molar refractivity (Wildman–Crippen MR) is 109 cm³/mol. The standard InChI is InChI=1S/C19H15F3N4O3.C2H6/c1-11-16(29-10-23-11)18(28)26-25-17(27)14-4-2-3-5-15(14)24-13-8-6-12(7-9-13)19(20,21)22;1-2/h2-10,24H,1H3,(H,25,27)(H,26,28);1-2H3. The average molecular weight is 434 g/mol. The van der Waals surface area contributed by atoms with Crippen molar-refractivity contribution in [1.29, 1.82) is 0 Å². The van der Waals surface area contributed by atoms with Crippen molar-refractivity contribution < 1.29 is 27.2 Å². The van der Waals surface area contributed by atoms with Gasteiger partial charge in [-0.25, -0.2) is 4.98 Å². The highest BCUT2D eigenvalue weighted by molar-refractivity contribution is 6.02. The summed E-state index contributed by atoms with van der Waals surface area (Å²) in [5, 5.41) is 2.89. The lowest BCUT2D eigenvalue weighted by Crippen LogP contribution is -2.41. The fourth-order valence-electron chi connectivity index (χ4n) is 2.45. The zero-order valence-electron chi connectivity index (χ0n) is 17.0. The first-order chi connectivity index (χ1) is 14.8. The van der Waals surface area contributed by atoms with Crippen molar-refractivity contribution in [3.05, 3.63) is 77.5 Å². The molecule has 0 aliphatic heterocycles. The van der Waals surface area contributed by atoms with Crippen LogP contribution in [0.5, 0.6) is 0 Å². The lowest BCUT2D eigenvalue weighted by atomic mass is 10.1. The number of hydrazine groups is 1. The molecule has 0 bridgehead atoms. The Morgan fingerprint density at radius 1 is 0.935 bits per heavy atom. The van der Waals surface area contributed by atoms with Gasteiger partial charge in [-0.2, -0.15) is 13.2 Å². The second kappa shape index (κ2) is 10.3. The Labute approximate surface area is 176 Å². The third-order valence-electron chi connectivity index (χ3n) is 3.90. The van der Waals surface area contributed by atoms with Crippen molar-refractivity contribution in [3.8, 4) is 0 Å². The molecule has 0 aliphatic rings. The molecule has 3 aromatic rings. The number of nitrogens with one attached hydrogen (secondary N) is 3. The van der Waals surface area contributed by atoms with Crippen molar-refractivity contribution in [2.75, 3.05) is 5.32 Å². The predicted octanol–water partition coefficient (Wildman–Crippen LogP) is 4.85. The van der Waals surface area contributed by atoms with Gasteiger partial charge in [0.15, 0.2) is 6.39 Å². The molecule has 0 fully saturated rings. The molecule has 0 saturated carbocycles. The second-order valence-electron chi connectivity index (χ2n) is 5.92. The van der Waals surface area contributed by atoms with Crippen LogP contribution in [-0.2, 0) is 6.18 Å². The Kier molecular flexibility index (Phi) is 7.78. The summed E-state index contributed by atoms with van der Waals surface area (Å²) in [5.74, 6) is -1.35. The van der Waals surface area contributed by atoms with Gasteiger partial charge in [0.2, 0.25) is 5.76 Å². The maximum atomic E-state index is 12.7. The third kappa shape index (κ3) is 6.08. The maximum absolute atomic E-state index is 12.7. The van der Waals surface area contributed by atoms with E-state index in [0.717, 1.165) is 18.5 Å². The minimum absolute atomic E-state index is 0.0403. The molecule has 3 rings (SSSR count). The van der Waals surface area contributed by atoms with Crippen LogP contribution < -0.4 is 16.2 Å². The van der Waals surface area contributed by atoms with E-state index < -0.39 is 23.6 Å². The Hall–Kier alpha value is -3.82. The van der Waals surface area contributed by atoms with Gasteiger partial charge in [-0.3, -0.25) is 20.4 Å². The molecule has 0 radical (unpaired) electrons. The lowest BCUT2D eigenvalue weighted by Gasteiger charge is -2.13. The summed E-state index contributed by atoms with van der Waals surface area (Å²) in [7, 11) is 0. The fourth-order valence-corrected chi connectivity index (χ4v) is 2.45. The van der Waals surface area contributed by atoms with Crippen molar-refractivity contribution in [3.63, 3.8) is 0 Å². The number of nitrogens with zero attached hydrogens (tertiary/aromatic N) is 1. The monoisotopic (exact) mass is 434 g/mol. The summed E-state index contributed by atoms with van der Waals surface area (Å²) in [6, 6.07) is 10.7. The molecule has 164 valence electrons. The Morgan fingerprint density at radius 2 is 1.55 bits per heavy atom. The van der Waals surface area contributed by atoms with Crippen LogP contribution in [0.1, 0.15) is 46.0 Å². The van der Waals surface area contributed by atoms with Gasteiger partial charge in [0.25, 0.3) is 5.91 Å². The first kappa shape index (κ1) is 23.5. The van der Waals surface area contributed by atoms with Gasteiger partial charge < -0.3 is 9.73 Å². The molecule has 0 unspecified atom stereocenters. The number of alkyl halides is 3. The van der Waals surface area contributed by atoms with E-state index >= 15 is 0 Å². The molecular formula is C21H21F3N4O3. The molecule has 0 saturated heterocycles. The summed E-state index contributed by atoms with van der Waals surface area (Å²) in [6.45, 7) is 5.57. The van der Waals surface area contributed by atoms with Crippen LogP contribution in [0.15, 0.2) is 59.3 Å². The van der Waals surface area contributed by atoms with Gasteiger partial charge in [0, 0.05) is 5.69 Å². The fraction of sp³-hybridized carbons (Fsp3) is 0.190. The van der Waals surface area contributed by atoms with Gasteiger partial charge >= 0.3 is 12.1 Å². The zero-order chi connectivity index (χ0) is 23.0. The summed E-state index contributed by atoms with van der Waals surface area (Å²) in [4.78, 5) is 28.2. The van der Waals surface area contributed by atoms with Gasteiger partial charge in [-0.15, -0.1) is 0 Å². The van der Waals surface area contributed by atoms with Crippen LogP contribution in [-0.4, -0.2) is 16.8 Å². The molecular weight excluding hydrogens is 413 g/mol. The number of para-hydroxylation sites is 1. The first-order valence-electron chi connectivity index (χ1n) is 9.30. The van der Waals surface area contributed by atoms with Crippen molar-refractivity contribution in [1.82, 2.24) is 15.8 Å². The number of halogens is 3. The summed E-state index contributed by atoms with van der Waals surface area (Å²) >= 11 is 0. The van der Waals surface area contributed by atoms with Crippen LogP contribution in [0.4, 0.5) is 24.5 Å². The highest BCUT2D eigenvalue weighted by Crippen LogP contribution is 2.30. The van der Waals surface area contributed by atoms with Gasteiger partial charge in [-0.05, 0) is 43.3 Å². The minimum Gasteiger partial charge on any atom is -0.438 e. The van der Waals surface area contributed by atoms with Crippen molar-refractivity contribution >= 4 is 23.2 Å². The highest BCUT2D eigenvalue weighted by Gasteiger charge is 2.30. The third-order valence-corrected chi connectivity index (χ3v) is 3.90. The molecule has 31 heavy (non-hydrogen) atoms. The van der Waals surface area contributed by atoms with E-state index in [1.54, 1.807) is 25.1 Å². The molecule has 10 heteroatoms. The average Bonchev–Trinajstić information content (AvgIpc) is 3.19. The largest absolute Gasteiger partial charge is 0.438 e. The zero-order valence-corrected chi connectivity index (χ0v) is 17.0. The van der Waals surface area contributed by atoms with Crippen LogP contribution in [0.25, 0.3) is 0 Å². The van der Waals surface area contributed by atoms with Crippen LogP contribution >= 0.6 is 0 Å². The van der Waals surface area contributed by atoms with Gasteiger partial charge in [0.05, 0.1) is 22.5 Å². The molecule has 2 aromatic carbocycles. The van der Waals surface area contributed by atoms with E-state index in [2.05, 4.69) is 21.2 Å². The Morgan fingerprint density at radius 3 is 2.13 bits per heavy atom. The van der Waals surface area contributed by atoms with Crippen molar-refractivity contribution in [2.24, 2.45) is 0 Å². The number of aryl methyl sites for hydroxylation is 1. The lowest BCUT2D eigenvalue weighted by molar-refractivity contribution is -0.137. The smallest absolute Gasteiger partial charge is 0.416 e. The van der Waals surface area contributed by atoms with Gasteiger partial charge in [-0.1, -0.05) is 26.0 Å². The topological polar surface area (TPSA) is 96.3 Å². The molecule has 0 aliphatic carbocycles. The number of benzene rings is 2.